The van der Waals surface area contributed by atoms with Gasteiger partial charge < -0.3 is 4.74 Å². The molecule has 0 aromatic rings. The number of methoxy groups -OCH3 is 1. The molecule has 3 nitrogen and oxygen atoms in total. The first-order valence-electron chi connectivity index (χ1n) is 3.26. The fraction of sp³-hybridized carbons (Fsp3) is 0.714. The molecule has 0 fully saturated rings. The third kappa shape index (κ3) is 4.33. The van der Waals surface area contributed by atoms with E-state index in [9.17, 15) is 0 Å². The van der Waals surface area contributed by atoms with Crippen LogP contribution in [0.25, 0.3) is 0 Å². The Morgan fingerprint density at radius 3 is 2.90 bits per heavy atom. The first-order valence-corrected chi connectivity index (χ1v) is 3.26. The lowest BCUT2D eigenvalue weighted by atomic mass is 10.2. The molecule has 1 atom stereocenters. The topological polar surface area (TPSA) is 47.3 Å². The largest absolute Gasteiger partial charge is 0.385 e. The molecular weight excluding hydrogens is 128 g/mol. The Balaban J connectivity index is 3.20. The maximum absolute atomic E-state index is 5.13. The molecular formula is C7H14N2O. The summed E-state index contributed by atoms with van der Waals surface area (Å²) in [6, 6.07) is -0.0184. The molecule has 1 unspecified atom stereocenters. The molecule has 0 aromatic heterocycles. The molecule has 0 amide bonds. The minimum Gasteiger partial charge on any atom is -0.385 e. The van der Waals surface area contributed by atoms with Gasteiger partial charge in [-0.25, -0.2) is 5.43 Å². The summed E-state index contributed by atoms with van der Waals surface area (Å²) in [5, 5.41) is 0. The number of hydrogen-bond acceptors (Lipinski definition) is 3. The summed E-state index contributed by atoms with van der Waals surface area (Å²) in [6.07, 6.45) is 6.93. The van der Waals surface area contributed by atoms with Crippen LogP contribution in [0.2, 0.25) is 0 Å². The van der Waals surface area contributed by atoms with Gasteiger partial charge in [-0.05, 0) is 12.8 Å². The molecule has 3 heteroatoms. The number of ether oxygens (including phenoxy) is 1. The summed E-state index contributed by atoms with van der Waals surface area (Å²) in [6.45, 7) is 0.736. The predicted octanol–water partition coefficient (Wildman–Crippen LogP) is -0.122. The minimum atomic E-state index is -0.0184. The van der Waals surface area contributed by atoms with Crippen LogP contribution in [0.4, 0.5) is 0 Å². The summed E-state index contributed by atoms with van der Waals surface area (Å²) in [4.78, 5) is 0. The molecule has 0 rings (SSSR count). The third-order valence-corrected chi connectivity index (χ3v) is 1.24. The van der Waals surface area contributed by atoms with Crippen LogP contribution in [0, 0.1) is 12.3 Å². The van der Waals surface area contributed by atoms with Crippen LogP contribution in [0.15, 0.2) is 0 Å². The van der Waals surface area contributed by atoms with Crippen molar-refractivity contribution in [1.29, 1.82) is 0 Å². The highest BCUT2D eigenvalue weighted by Crippen LogP contribution is 1.93. The predicted molar refractivity (Wildman–Crippen MR) is 41.1 cm³/mol. The second-order valence-corrected chi connectivity index (χ2v) is 2.02. The highest BCUT2D eigenvalue weighted by molar-refractivity contribution is 4.97. The SMILES string of the molecule is C#CC(CCCOC)NN. The minimum absolute atomic E-state index is 0.0184. The Labute approximate surface area is 61.9 Å². The van der Waals surface area contributed by atoms with Crippen molar-refractivity contribution in [2.24, 2.45) is 5.84 Å². The molecule has 10 heavy (non-hydrogen) atoms. The van der Waals surface area contributed by atoms with E-state index in [0.29, 0.717) is 0 Å². The number of terminal acetylenes is 1. The molecule has 0 aliphatic rings. The van der Waals surface area contributed by atoms with Gasteiger partial charge in [0.2, 0.25) is 0 Å². The molecule has 0 saturated carbocycles. The number of nitrogens with two attached hydrogens (primary N) is 1. The van der Waals surface area contributed by atoms with E-state index in [1.54, 1.807) is 7.11 Å². The van der Waals surface area contributed by atoms with E-state index in [-0.39, 0.29) is 6.04 Å². The number of hydrogen-bond donors (Lipinski definition) is 2. The maximum Gasteiger partial charge on any atom is 0.0815 e. The Morgan fingerprint density at radius 2 is 2.50 bits per heavy atom. The highest BCUT2D eigenvalue weighted by Gasteiger charge is 1.99. The van der Waals surface area contributed by atoms with E-state index in [1.165, 1.54) is 0 Å². The van der Waals surface area contributed by atoms with Gasteiger partial charge in [0.25, 0.3) is 0 Å². The van der Waals surface area contributed by atoms with Gasteiger partial charge in [0.05, 0.1) is 6.04 Å². The van der Waals surface area contributed by atoms with Gasteiger partial charge in [-0.3, -0.25) is 5.84 Å². The zero-order valence-corrected chi connectivity index (χ0v) is 6.26. The summed E-state index contributed by atoms with van der Waals surface area (Å²) in [5.74, 6) is 7.65. The zero-order valence-electron chi connectivity index (χ0n) is 6.26. The van der Waals surface area contributed by atoms with E-state index >= 15 is 0 Å². The Hall–Kier alpha value is -0.560. The standard InChI is InChI=1S/C7H14N2O/c1-3-7(9-8)5-4-6-10-2/h1,7,9H,4-6,8H2,2H3. The molecule has 0 saturated heterocycles. The number of nitrogens with one attached hydrogen (secondary N) is 1. The van der Waals surface area contributed by atoms with Gasteiger partial charge >= 0.3 is 0 Å². The van der Waals surface area contributed by atoms with Crippen molar-refractivity contribution in [2.75, 3.05) is 13.7 Å². The number of hydrazine groups is 1. The lowest BCUT2D eigenvalue weighted by Crippen LogP contribution is -2.33. The van der Waals surface area contributed by atoms with Crippen molar-refractivity contribution in [2.45, 2.75) is 18.9 Å². The van der Waals surface area contributed by atoms with Gasteiger partial charge in [0, 0.05) is 13.7 Å². The Bertz CT molecular complexity index is 109. The molecule has 0 spiro atoms. The van der Waals surface area contributed by atoms with Gasteiger partial charge in [-0.1, -0.05) is 5.92 Å². The normalized spacial score (nSPS) is 12.5. The first-order chi connectivity index (χ1) is 4.85. The quantitative estimate of drug-likeness (QED) is 0.243. The van der Waals surface area contributed by atoms with Crippen LogP contribution in [-0.2, 0) is 4.74 Å². The fourth-order valence-electron chi connectivity index (χ4n) is 0.647. The van der Waals surface area contributed by atoms with Crippen molar-refractivity contribution in [3.63, 3.8) is 0 Å². The van der Waals surface area contributed by atoms with E-state index in [4.69, 9.17) is 17.0 Å². The van der Waals surface area contributed by atoms with Crippen LogP contribution >= 0.6 is 0 Å². The van der Waals surface area contributed by atoms with Crippen molar-refractivity contribution >= 4 is 0 Å². The monoisotopic (exact) mass is 142 g/mol. The Morgan fingerprint density at radius 1 is 1.80 bits per heavy atom. The van der Waals surface area contributed by atoms with Crippen molar-refractivity contribution < 1.29 is 4.74 Å². The van der Waals surface area contributed by atoms with Gasteiger partial charge in [0.1, 0.15) is 0 Å². The third-order valence-electron chi connectivity index (χ3n) is 1.24. The lowest BCUT2D eigenvalue weighted by Gasteiger charge is -2.06. The van der Waals surface area contributed by atoms with E-state index < -0.39 is 0 Å². The summed E-state index contributed by atoms with van der Waals surface area (Å²) < 4.78 is 4.84. The molecule has 0 aromatic carbocycles. The molecule has 0 heterocycles. The van der Waals surface area contributed by atoms with E-state index in [1.807, 2.05) is 0 Å². The fourth-order valence-corrected chi connectivity index (χ4v) is 0.647. The number of rotatable bonds is 5. The smallest absolute Gasteiger partial charge is 0.0815 e. The van der Waals surface area contributed by atoms with E-state index in [2.05, 4.69) is 11.3 Å². The molecule has 0 radical (unpaired) electrons. The van der Waals surface area contributed by atoms with Crippen LogP contribution in [-0.4, -0.2) is 19.8 Å². The van der Waals surface area contributed by atoms with Gasteiger partial charge in [-0.2, -0.15) is 0 Å². The second-order valence-electron chi connectivity index (χ2n) is 2.02. The van der Waals surface area contributed by atoms with Gasteiger partial charge in [-0.15, -0.1) is 6.42 Å². The highest BCUT2D eigenvalue weighted by atomic mass is 16.5. The van der Waals surface area contributed by atoms with Crippen molar-refractivity contribution in [1.82, 2.24) is 5.43 Å². The second kappa shape index (κ2) is 6.56. The maximum atomic E-state index is 5.13. The summed E-state index contributed by atoms with van der Waals surface area (Å²) in [7, 11) is 1.67. The zero-order chi connectivity index (χ0) is 7.82. The molecule has 0 aliphatic carbocycles. The Kier molecular flexibility index (Phi) is 6.19. The molecule has 0 bridgehead atoms. The van der Waals surface area contributed by atoms with Crippen LogP contribution < -0.4 is 11.3 Å². The van der Waals surface area contributed by atoms with Crippen LogP contribution in [0.1, 0.15) is 12.8 Å². The summed E-state index contributed by atoms with van der Waals surface area (Å²) >= 11 is 0. The molecule has 58 valence electrons. The van der Waals surface area contributed by atoms with Crippen LogP contribution in [0.3, 0.4) is 0 Å². The average molecular weight is 142 g/mol. The average Bonchev–Trinajstić information content (AvgIpc) is 1.99. The summed E-state index contributed by atoms with van der Waals surface area (Å²) in [5.41, 5.74) is 2.52. The molecule has 3 N–H and O–H groups in total. The lowest BCUT2D eigenvalue weighted by molar-refractivity contribution is 0.191. The van der Waals surface area contributed by atoms with Crippen LogP contribution in [0.5, 0.6) is 0 Å². The van der Waals surface area contributed by atoms with Crippen molar-refractivity contribution in [3.05, 3.63) is 0 Å². The van der Waals surface area contributed by atoms with Gasteiger partial charge in [0.15, 0.2) is 0 Å². The van der Waals surface area contributed by atoms with Crippen molar-refractivity contribution in [3.8, 4) is 12.3 Å². The molecule has 0 aliphatic heterocycles. The van der Waals surface area contributed by atoms with E-state index in [0.717, 1.165) is 19.4 Å². The first kappa shape index (κ1) is 9.44.